The predicted molar refractivity (Wildman–Crippen MR) is 67.2 cm³/mol. The Morgan fingerprint density at radius 2 is 2.40 bits per heavy atom. The molecule has 0 atom stereocenters. The lowest BCUT2D eigenvalue weighted by atomic mass is 9.84. The van der Waals surface area contributed by atoms with Crippen molar-refractivity contribution < 1.29 is 0 Å². The molecule has 0 radical (unpaired) electrons. The Balaban J connectivity index is 1.95. The maximum atomic E-state index is 5.77. The zero-order valence-corrected chi connectivity index (χ0v) is 9.81. The number of nitrogen functional groups attached to an aromatic ring is 1. The van der Waals surface area contributed by atoms with Gasteiger partial charge in [-0.1, -0.05) is 6.42 Å². The van der Waals surface area contributed by atoms with E-state index < -0.39 is 0 Å². The van der Waals surface area contributed by atoms with Crippen LogP contribution in [-0.2, 0) is 0 Å². The average Bonchev–Trinajstić information content (AvgIpc) is 2.19. The third-order valence-corrected chi connectivity index (χ3v) is 4.56. The number of aromatic nitrogens is 1. The molecule has 1 fully saturated rings. The molecule has 15 heavy (non-hydrogen) atoms. The molecule has 1 aromatic heterocycles. The van der Waals surface area contributed by atoms with E-state index in [0.29, 0.717) is 10.6 Å². The largest absolute Gasteiger partial charge is 0.382 e. The molecule has 0 aromatic carbocycles. The number of nitrogens with zero attached hydrogens (tertiary/aromatic N) is 1. The van der Waals surface area contributed by atoms with Gasteiger partial charge in [0.1, 0.15) is 5.82 Å². The number of anilines is 2. The third-order valence-electron chi connectivity index (χ3n) is 3.14. The first-order chi connectivity index (χ1) is 7.26. The molecule has 2 rings (SSSR count). The van der Waals surface area contributed by atoms with Gasteiger partial charge in [-0.05, 0) is 31.2 Å². The molecule has 3 nitrogen and oxygen atoms in total. The van der Waals surface area contributed by atoms with Gasteiger partial charge >= 0.3 is 0 Å². The summed E-state index contributed by atoms with van der Waals surface area (Å²) < 4.78 is 0.433. The van der Waals surface area contributed by atoms with Crippen LogP contribution in [0.4, 0.5) is 11.5 Å². The van der Waals surface area contributed by atoms with Gasteiger partial charge in [0.2, 0.25) is 0 Å². The highest BCUT2D eigenvalue weighted by atomic mass is 32.2. The fourth-order valence-electron chi connectivity index (χ4n) is 1.85. The standard InChI is InChI=1S/C11H17N3S/c1-15-11(5-3-6-11)8-14-9-4-2-7-13-10(9)12/h2,4,7,14H,3,5-6,8H2,1H3,(H2,12,13). The molecule has 0 aliphatic heterocycles. The summed E-state index contributed by atoms with van der Waals surface area (Å²) in [5.74, 6) is 0.591. The second-order valence-corrected chi connectivity index (χ2v) is 5.30. The van der Waals surface area contributed by atoms with E-state index in [-0.39, 0.29) is 0 Å². The van der Waals surface area contributed by atoms with Gasteiger partial charge in [0.15, 0.2) is 0 Å². The Hall–Kier alpha value is -0.900. The summed E-state index contributed by atoms with van der Waals surface area (Å²) in [5.41, 5.74) is 6.73. The van der Waals surface area contributed by atoms with Crippen LogP contribution in [0.15, 0.2) is 18.3 Å². The number of rotatable bonds is 4. The van der Waals surface area contributed by atoms with Gasteiger partial charge in [-0.15, -0.1) is 0 Å². The summed E-state index contributed by atoms with van der Waals surface area (Å²) in [4.78, 5) is 4.06. The summed E-state index contributed by atoms with van der Waals surface area (Å²) in [6.45, 7) is 0.990. The van der Waals surface area contributed by atoms with Crippen molar-refractivity contribution in [1.82, 2.24) is 4.98 Å². The Labute approximate surface area is 94.8 Å². The Bertz CT molecular complexity index is 331. The molecular formula is C11H17N3S. The number of hydrogen-bond acceptors (Lipinski definition) is 4. The minimum absolute atomic E-state index is 0.433. The van der Waals surface area contributed by atoms with E-state index in [4.69, 9.17) is 5.73 Å². The van der Waals surface area contributed by atoms with Gasteiger partial charge in [-0.2, -0.15) is 11.8 Å². The molecule has 0 spiro atoms. The van der Waals surface area contributed by atoms with Crippen molar-refractivity contribution in [2.75, 3.05) is 23.9 Å². The number of hydrogen-bond donors (Lipinski definition) is 2. The van der Waals surface area contributed by atoms with Crippen molar-refractivity contribution in [3.05, 3.63) is 18.3 Å². The van der Waals surface area contributed by atoms with Crippen molar-refractivity contribution in [1.29, 1.82) is 0 Å². The third kappa shape index (κ3) is 2.20. The van der Waals surface area contributed by atoms with Crippen LogP contribution in [0.3, 0.4) is 0 Å². The lowest BCUT2D eigenvalue weighted by molar-refractivity contribution is 0.380. The molecule has 0 bridgehead atoms. The summed E-state index contributed by atoms with van der Waals surface area (Å²) >= 11 is 1.96. The van der Waals surface area contributed by atoms with E-state index in [9.17, 15) is 0 Å². The molecule has 1 heterocycles. The number of nitrogens with one attached hydrogen (secondary N) is 1. The smallest absolute Gasteiger partial charge is 0.146 e. The van der Waals surface area contributed by atoms with Crippen molar-refractivity contribution in [2.24, 2.45) is 0 Å². The van der Waals surface area contributed by atoms with Crippen LogP contribution in [0.5, 0.6) is 0 Å². The lowest BCUT2D eigenvalue weighted by Gasteiger charge is -2.40. The zero-order valence-electron chi connectivity index (χ0n) is 8.99. The van der Waals surface area contributed by atoms with E-state index in [1.807, 2.05) is 23.9 Å². The molecule has 0 unspecified atom stereocenters. The second kappa shape index (κ2) is 4.31. The van der Waals surface area contributed by atoms with Gasteiger partial charge in [-0.3, -0.25) is 0 Å². The summed E-state index contributed by atoms with van der Waals surface area (Å²) in [7, 11) is 0. The summed E-state index contributed by atoms with van der Waals surface area (Å²) in [6, 6.07) is 3.89. The van der Waals surface area contributed by atoms with Crippen molar-refractivity contribution >= 4 is 23.3 Å². The maximum Gasteiger partial charge on any atom is 0.146 e. The highest BCUT2D eigenvalue weighted by Gasteiger charge is 2.35. The van der Waals surface area contributed by atoms with Crippen LogP contribution in [0.1, 0.15) is 19.3 Å². The molecule has 0 amide bonds. The Morgan fingerprint density at radius 1 is 1.60 bits per heavy atom. The van der Waals surface area contributed by atoms with E-state index in [2.05, 4.69) is 16.6 Å². The molecule has 1 aromatic rings. The fourth-order valence-corrected chi connectivity index (χ4v) is 2.76. The Kier molecular flexibility index (Phi) is 3.05. The molecule has 1 aliphatic rings. The van der Waals surface area contributed by atoms with E-state index >= 15 is 0 Å². The van der Waals surface area contributed by atoms with Gasteiger partial charge in [-0.25, -0.2) is 4.98 Å². The van der Waals surface area contributed by atoms with Gasteiger partial charge in [0, 0.05) is 17.5 Å². The first-order valence-corrected chi connectivity index (χ1v) is 6.48. The molecular weight excluding hydrogens is 206 g/mol. The van der Waals surface area contributed by atoms with Crippen LogP contribution < -0.4 is 11.1 Å². The summed E-state index contributed by atoms with van der Waals surface area (Å²) in [5, 5.41) is 3.40. The number of pyridine rings is 1. The first kappa shape index (κ1) is 10.6. The highest BCUT2D eigenvalue weighted by molar-refractivity contribution is 8.00. The molecule has 1 saturated carbocycles. The zero-order chi connectivity index (χ0) is 10.7. The number of nitrogens with two attached hydrogens (primary N) is 1. The topological polar surface area (TPSA) is 50.9 Å². The molecule has 82 valence electrons. The quantitative estimate of drug-likeness (QED) is 0.822. The molecule has 0 saturated heterocycles. The lowest BCUT2D eigenvalue weighted by Crippen LogP contribution is -2.40. The van der Waals surface area contributed by atoms with Crippen LogP contribution in [0.2, 0.25) is 0 Å². The maximum absolute atomic E-state index is 5.77. The monoisotopic (exact) mass is 223 g/mol. The molecule has 4 heteroatoms. The summed E-state index contributed by atoms with van der Waals surface area (Å²) in [6.07, 6.45) is 7.87. The van der Waals surface area contributed by atoms with Crippen LogP contribution in [0, 0.1) is 0 Å². The van der Waals surface area contributed by atoms with Crippen LogP contribution in [0.25, 0.3) is 0 Å². The molecule has 1 aliphatic carbocycles. The van der Waals surface area contributed by atoms with Gasteiger partial charge in [0.05, 0.1) is 5.69 Å². The minimum Gasteiger partial charge on any atom is -0.382 e. The number of thioether (sulfide) groups is 1. The average molecular weight is 223 g/mol. The predicted octanol–water partition coefficient (Wildman–Crippen LogP) is 2.36. The van der Waals surface area contributed by atoms with E-state index in [0.717, 1.165) is 12.2 Å². The Morgan fingerprint density at radius 3 is 2.93 bits per heavy atom. The van der Waals surface area contributed by atoms with E-state index in [1.54, 1.807) is 6.20 Å². The fraction of sp³-hybridized carbons (Fsp3) is 0.545. The SMILES string of the molecule is CSC1(CNc2cccnc2N)CCC1. The normalized spacial score (nSPS) is 18.2. The van der Waals surface area contributed by atoms with Crippen LogP contribution in [-0.4, -0.2) is 22.5 Å². The van der Waals surface area contributed by atoms with Gasteiger partial charge in [0.25, 0.3) is 0 Å². The van der Waals surface area contributed by atoms with Crippen LogP contribution >= 0.6 is 11.8 Å². The second-order valence-electron chi connectivity index (χ2n) is 4.03. The first-order valence-electron chi connectivity index (χ1n) is 5.25. The van der Waals surface area contributed by atoms with Crippen molar-refractivity contribution in [3.63, 3.8) is 0 Å². The molecule has 3 N–H and O–H groups in total. The van der Waals surface area contributed by atoms with Crippen molar-refractivity contribution in [2.45, 2.75) is 24.0 Å². The minimum atomic E-state index is 0.433. The van der Waals surface area contributed by atoms with E-state index in [1.165, 1.54) is 19.3 Å². The highest BCUT2D eigenvalue weighted by Crippen LogP contribution is 2.42. The van der Waals surface area contributed by atoms with Gasteiger partial charge < -0.3 is 11.1 Å². The van der Waals surface area contributed by atoms with Crippen molar-refractivity contribution in [3.8, 4) is 0 Å².